The highest BCUT2D eigenvalue weighted by Gasteiger charge is 2.16. The number of nitrogen functional groups attached to an aromatic ring is 1. The zero-order chi connectivity index (χ0) is 21.2. The Labute approximate surface area is 171 Å². The molecule has 0 saturated carbocycles. The molecule has 0 aliphatic carbocycles. The van der Waals surface area contributed by atoms with Crippen molar-refractivity contribution in [3.63, 3.8) is 0 Å². The van der Waals surface area contributed by atoms with Crippen LogP contribution in [0, 0.1) is 6.92 Å². The third-order valence-corrected chi connectivity index (χ3v) is 4.74. The van der Waals surface area contributed by atoms with E-state index in [0.29, 0.717) is 31.3 Å². The maximum atomic E-state index is 9.95. The first-order valence-corrected chi connectivity index (χ1v) is 9.94. The molecule has 0 saturated heterocycles. The summed E-state index contributed by atoms with van der Waals surface area (Å²) in [6, 6.07) is 6.20. The van der Waals surface area contributed by atoms with Crippen molar-refractivity contribution >= 4 is 28.6 Å². The number of hydrogen-bond acceptors (Lipinski definition) is 7. The first-order chi connectivity index (χ1) is 13.6. The van der Waals surface area contributed by atoms with Gasteiger partial charge in [-0.3, -0.25) is 0 Å². The van der Waals surface area contributed by atoms with Crippen molar-refractivity contribution < 1.29 is 5.11 Å². The van der Waals surface area contributed by atoms with E-state index < -0.39 is 5.60 Å². The van der Waals surface area contributed by atoms with E-state index in [1.165, 1.54) is 0 Å². The van der Waals surface area contributed by atoms with Crippen LogP contribution in [-0.2, 0) is 6.54 Å². The maximum absolute atomic E-state index is 9.95. The summed E-state index contributed by atoms with van der Waals surface area (Å²) in [7, 11) is 0. The molecule has 0 radical (unpaired) electrons. The summed E-state index contributed by atoms with van der Waals surface area (Å²) in [6.45, 7) is 10.9. The Kier molecular flexibility index (Phi) is 5.93. The molecule has 0 aliphatic heterocycles. The number of rotatable bonds is 8. The van der Waals surface area contributed by atoms with Crippen LogP contribution >= 0.6 is 0 Å². The number of aromatic nitrogens is 4. The number of nitrogens with zero attached hydrogens (tertiary/aromatic N) is 4. The Morgan fingerprint density at radius 1 is 1.21 bits per heavy atom. The fourth-order valence-electron chi connectivity index (χ4n) is 3.04. The van der Waals surface area contributed by atoms with Gasteiger partial charge in [0.2, 0.25) is 5.95 Å². The average Bonchev–Trinajstić information content (AvgIpc) is 3.05. The van der Waals surface area contributed by atoms with Gasteiger partial charge >= 0.3 is 0 Å². The van der Waals surface area contributed by atoms with Gasteiger partial charge in [0.15, 0.2) is 17.0 Å². The number of benzene rings is 1. The highest BCUT2D eigenvalue weighted by molar-refractivity contribution is 5.84. The fourth-order valence-corrected chi connectivity index (χ4v) is 3.04. The number of imidazole rings is 1. The van der Waals surface area contributed by atoms with Gasteiger partial charge in [-0.2, -0.15) is 9.97 Å². The third-order valence-electron chi connectivity index (χ3n) is 4.74. The lowest BCUT2D eigenvalue weighted by molar-refractivity contribution is 0.0748. The molecule has 0 bridgehead atoms. The van der Waals surface area contributed by atoms with Gasteiger partial charge in [0.05, 0.1) is 11.9 Å². The van der Waals surface area contributed by atoms with E-state index in [9.17, 15) is 5.11 Å². The summed E-state index contributed by atoms with van der Waals surface area (Å²) in [5.41, 5.74) is 9.76. The molecule has 3 aromatic rings. The molecule has 2 aromatic heterocycles. The molecular weight excluding hydrogens is 366 g/mol. The van der Waals surface area contributed by atoms with Crippen LogP contribution in [0.15, 0.2) is 24.5 Å². The second-order valence-corrected chi connectivity index (χ2v) is 8.36. The van der Waals surface area contributed by atoms with Gasteiger partial charge in [-0.25, -0.2) is 4.98 Å². The van der Waals surface area contributed by atoms with E-state index in [1.807, 2.05) is 23.6 Å². The number of nitrogens with one attached hydrogen (secondary N) is 2. The van der Waals surface area contributed by atoms with E-state index in [1.54, 1.807) is 20.2 Å². The molecule has 0 fully saturated rings. The second-order valence-electron chi connectivity index (χ2n) is 8.36. The Morgan fingerprint density at radius 3 is 2.66 bits per heavy atom. The smallest absolute Gasteiger partial charge is 0.226 e. The van der Waals surface area contributed by atoms with Crippen LogP contribution in [0.3, 0.4) is 0 Å². The minimum Gasteiger partial charge on any atom is -0.398 e. The maximum Gasteiger partial charge on any atom is 0.226 e. The quantitative estimate of drug-likeness (QED) is 0.430. The highest BCUT2D eigenvalue weighted by Crippen LogP contribution is 2.25. The van der Waals surface area contributed by atoms with Gasteiger partial charge in [0.25, 0.3) is 0 Å². The van der Waals surface area contributed by atoms with Crippen LogP contribution in [-0.4, -0.2) is 36.8 Å². The second kappa shape index (κ2) is 8.24. The molecule has 1 aromatic carbocycles. The highest BCUT2D eigenvalue weighted by atomic mass is 16.3. The molecule has 0 unspecified atom stereocenters. The first-order valence-electron chi connectivity index (χ1n) is 9.94. The van der Waals surface area contributed by atoms with Crippen LogP contribution in [0.5, 0.6) is 0 Å². The lowest BCUT2D eigenvalue weighted by Gasteiger charge is -2.17. The van der Waals surface area contributed by atoms with E-state index in [2.05, 4.69) is 45.5 Å². The van der Waals surface area contributed by atoms with Gasteiger partial charge < -0.3 is 26.0 Å². The average molecular weight is 398 g/mol. The van der Waals surface area contributed by atoms with E-state index in [0.717, 1.165) is 28.0 Å². The Bertz CT molecular complexity index is 989. The zero-order valence-corrected chi connectivity index (χ0v) is 17.8. The molecule has 3 rings (SSSR count). The lowest BCUT2D eigenvalue weighted by atomic mass is 10.1. The van der Waals surface area contributed by atoms with Crippen LogP contribution < -0.4 is 16.4 Å². The number of fused-ring (bicyclic) bond motifs is 1. The number of hydrogen-bond donors (Lipinski definition) is 4. The summed E-state index contributed by atoms with van der Waals surface area (Å²) in [4.78, 5) is 13.8. The largest absolute Gasteiger partial charge is 0.398 e. The number of anilines is 3. The number of nitrogens with two attached hydrogens (primary N) is 1. The van der Waals surface area contributed by atoms with Crippen molar-refractivity contribution in [2.24, 2.45) is 0 Å². The molecule has 0 aliphatic rings. The predicted octanol–water partition coefficient (Wildman–Crippen LogP) is 3.48. The zero-order valence-electron chi connectivity index (χ0n) is 17.8. The summed E-state index contributed by atoms with van der Waals surface area (Å²) in [6.07, 6.45) is 2.37. The van der Waals surface area contributed by atoms with Gasteiger partial charge in [-0.15, -0.1) is 0 Å². The van der Waals surface area contributed by atoms with Crippen molar-refractivity contribution in [2.45, 2.75) is 59.2 Å². The van der Waals surface area contributed by atoms with Crippen molar-refractivity contribution in [1.29, 1.82) is 0 Å². The topological polar surface area (TPSA) is 114 Å². The fraction of sp³-hybridized carbons (Fsp3) is 0.476. The van der Waals surface area contributed by atoms with Crippen molar-refractivity contribution in [1.82, 2.24) is 19.5 Å². The summed E-state index contributed by atoms with van der Waals surface area (Å²) in [5, 5.41) is 16.5. The van der Waals surface area contributed by atoms with Crippen molar-refractivity contribution in [2.75, 3.05) is 22.9 Å². The van der Waals surface area contributed by atoms with Crippen molar-refractivity contribution in [3.05, 3.63) is 35.7 Å². The molecule has 8 nitrogen and oxygen atoms in total. The third kappa shape index (κ3) is 5.14. The van der Waals surface area contributed by atoms with Gasteiger partial charge in [0.1, 0.15) is 0 Å². The Morgan fingerprint density at radius 2 is 1.97 bits per heavy atom. The molecule has 29 heavy (non-hydrogen) atoms. The SMILES string of the molecule is Cc1ccc(N)c(CNc2nc(NCCC(C)(C)O)nc3c2ncn3C(C)C)c1. The van der Waals surface area contributed by atoms with E-state index in [4.69, 9.17) is 5.73 Å². The Hall–Kier alpha value is -2.87. The van der Waals surface area contributed by atoms with Gasteiger partial charge in [-0.1, -0.05) is 17.7 Å². The van der Waals surface area contributed by atoms with E-state index >= 15 is 0 Å². The minimum atomic E-state index is -0.749. The monoisotopic (exact) mass is 397 g/mol. The number of aliphatic hydroxyl groups is 1. The molecule has 0 amide bonds. The lowest BCUT2D eigenvalue weighted by Crippen LogP contribution is -2.23. The van der Waals surface area contributed by atoms with Crippen molar-refractivity contribution in [3.8, 4) is 0 Å². The normalized spacial score (nSPS) is 12.0. The summed E-state index contributed by atoms with van der Waals surface area (Å²) in [5.74, 6) is 1.16. The molecule has 0 spiro atoms. The molecule has 2 heterocycles. The number of aryl methyl sites for hydroxylation is 1. The van der Waals surface area contributed by atoms with Crippen LogP contribution in [0.4, 0.5) is 17.5 Å². The molecule has 8 heteroatoms. The minimum absolute atomic E-state index is 0.222. The summed E-state index contributed by atoms with van der Waals surface area (Å²) >= 11 is 0. The molecule has 0 atom stereocenters. The van der Waals surface area contributed by atoms with Crippen LogP contribution in [0.1, 0.15) is 51.3 Å². The van der Waals surface area contributed by atoms with Gasteiger partial charge in [0, 0.05) is 24.8 Å². The van der Waals surface area contributed by atoms with Crippen LogP contribution in [0.25, 0.3) is 11.2 Å². The predicted molar refractivity (Wildman–Crippen MR) is 118 cm³/mol. The first kappa shape index (κ1) is 20.9. The standard InChI is InChI=1S/C21H31N7O/c1-13(2)28-12-25-17-18(24-11-15-10-14(3)6-7-16(15)22)26-20(27-19(17)28)23-9-8-21(4,5)29/h6-7,10,12-13,29H,8-9,11,22H2,1-5H3,(H2,23,24,26,27). The van der Waals surface area contributed by atoms with Crippen LogP contribution in [0.2, 0.25) is 0 Å². The molecule has 156 valence electrons. The molecular formula is C21H31N7O. The Balaban J connectivity index is 1.90. The van der Waals surface area contributed by atoms with Gasteiger partial charge in [-0.05, 0) is 52.7 Å². The summed E-state index contributed by atoms with van der Waals surface area (Å²) < 4.78 is 2.02. The molecule has 5 N–H and O–H groups in total. The van der Waals surface area contributed by atoms with E-state index in [-0.39, 0.29) is 6.04 Å².